The van der Waals surface area contributed by atoms with Crippen LogP contribution in [0, 0.1) is 0 Å². The molecule has 0 spiro atoms. The number of nitrogens with zero attached hydrogens (tertiary/aromatic N) is 1. The zero-order valence-electron chi connectivity index (χ0n) is 11.3. The fourth-order valence-electron chi connectivity index (χ4n) is 1.84. The van der Waals surface area contributed by atoms with Crippen LogP contribution in [-0.4, -0.2) is 26.3 Å². The van der Waals surface area contributed by atoms with Gasteiger partial charge in [-0.15, -0.1) is 0 Å². The van der Waals surface area contributed by atoms with Crippen molar-refractivity contribution in [3.05, 3.63) is 29.8 Å². The van der Waals surface area contributed by atoms with E-state index in [1.807, 2.05) is 6.92 Å². The molecule has 0 saturated carbocycles. The van der Waals surface area contributed by atoms with Crippen LogP contribution in [0.25, 0.3) is 0 Å². The molecule has 1 rings (SSSR count). The molecule has 1 atom stereocenters. The molecule has 0 amide bonds. The molecule has 0 aliphatic carbocycles. The van der Waals surface area contributed by atoms with E-state index in [1.165, 1.54) is 11.3 Å². The van der Waals surface area contributed by atoms with Crippen molar-refractivity contribution >= 4 is 5.69 Å². The Labute approximate surface area is 105 Å². The summed E-state index contributed by atoms with van der Waals surface area (Å²) in [4.78, 5) is 2.33. The molecule has 2 N–H and O–H groups in total. The molecule has 0 aliphatic rings. The first-order chi connectivity index (χ1) is 8.06. The SMILES string of the molecule is COCCN(c1ccc(C(C)N)cc1)C(C)C. The van der Waals surface area contributed by atoms with E-state index in [0.29, 0.717) is 6.04 Å². The average molecular weight is 236 g/mol. The molecule has 0 aliphatic heterocycles. The van der Waals surface area contributed by atoms with Gasteiger partial charge in [0.05, 0.1) is 6.61 Å². The van der Waals surface area contributed by atoms with Gasteiger partial charge in [-0.1, -0.05) is 12.1 Å². The van der Waals surface area contributed by atoms with Crippen LogP contribution in [-0.2, 0) is 4.74 Å². The van der Waals surface area contributed by atoms with Crippen molar-refractivity contribution in [1.82, 2.24) is 0 Å². The fourth-order valence-corrected chi connectivity index (χ4v) is 1.84. The maximum atomic E-state index is 5.85. The third-order valence-electron chi connectivity index (χ3n) is 2.91. The van der Waals surface area contributed by atoms with Crippen LogP contribution >= 0.6 is 0 Å². The standard InChI is InChI=1S/C14H24N2O/c1-11(2)16(9-10-17-4)14-7-5-13(6-8-14)12(3)15/h5-8,11-12H,9-10,15H2,1-4H3. The highest BCUT2D eigenvalue weighted by atomic mass is 16.5. The summed E-state index contributed by atoms with van der Waals surface area (Å²) >= 11 is 0. The summed E-state index contributed by atoms with van der Waals surface area (Å²) in [5, 5.41) is 0. The predicted octanol–water partition coefficient (Wildman–Crippen LogP) is 2.57. The van der Waals surface area contributed by atoms with E-state index >= 15 is 0 Å². The maximum Gasteiger partial charge on any atom is 0.0637 e. The van der Waals surface area contributed by atoms with Gasteiger partial charge in [0.25, 0.3) is 0 Å². The highest BCUT2D eigenvalue weighted by Gasteiger charge is 2.10. The van der Waals surface area contributed by atoms with E-state index in [9.17, 15) is 0 Å². The van der Waals surface area contributed by atoms with Gasteiger partial charge in [0, 0.05) is 31.4 Å². The number of anilines is 1. The predicted molar refractivity (Wildman–Crippen MR) is 73.4 cm³/mol. The number of benzene rings is 1. The fraction of sp³-hybridized carbons (Fsp3) is 0.571. The minimum Gasteiger partial charge on any atom is -0.383 e. The second kappa shape index (κ2) is 6.62. The topological polar surface area (TPSA) is 38.5 Å². The molecule has 96 valence electrons. The summed E-state index contributed by atoms with van der Waals surface area (Å²) in [7, 11) is 1.73. The highest BCUT2D eigenvalue weighted by Crippen LogP contribution is 2.19. The Morgan fingerprint density at radius 1 is 1.18 bits per heavy atom. The molecule has 3 heteroatoms. The van der Waals surface area contributed by atoms with Crippen molar-refractivity contribution in [2.24, 2.45) is 5.73 Å². The van der Waals surface area contributed by atoms with Crippen LogP contribution in [0.2, 0.25) is 0 Å². The smallest absolute Gasteiger partial charge is 0.0637 e. The van der Waals surface area contributed by atoms with Gasteiger partial charge in [0.1, 0.15) is 0 Å². The Morgan fingerprint density at radius 2 is 1.76 bits per heavy atom. The Kier molecular flexibility index (Phi) is 5.45. The lowest BCUT2D eigenvalue weighted by Gasteiger charge is -2.29. The van der Waals surface area contributed by atoms with Crippen molar-refractivity contribution in [3.63, 3.8) is 0 Å². The van der Waals surface area contributed by atoms with E-state index < -0.39 is 0 Å². The quantitative estimate of drug-likeness (QED) is 0.825. The summed E-state index contributed by atoms with van der Waals surface area (Å²) in [6.07, 6.45) is 0. The minimum absolute atomic E-state index is 0.0931. The van der Waals surface area contributed by atoms with E-state index in [-0.39, 0.29) is 6.04 Å². The van der Waals surface area contributed by atoms with Crippen LogP contribution in [0.4, 0.5) is 5.69 Å². The number of hydrogen-bond acceptors (Lipinski definition) is 3. The van der Waals surface area contributed by atoms with Crippen molar-refractivity contribution in [1.29, 1.82) is 0 Å². The monoisotopic (exact) mass is 236 g/mol. The third-order valence-corrected chi connectivity index (χ3v) is 2.91. The molecular weight excluding hydrogens is 212 g/mol. The van der Waals surface area contributed by atoms with Crippen LogP contribution in [0.5, 0.6) is 0 Å². The van der Waals surface area contributed by atoms with E-state index in [4.69, 9.17) is 10.5 Å². The Morgan fingerprint density at radius 3 is 2.18 bits per heavy atom. The first-order valence-corrected chi connectivity index (χ1v) is 6.17. The Hall–Kier alpha value is -1.06. The normalized spacial score (nSPS) is 12.8. The zero-order valence-corrected chi connectivity index (χ0v) is 11.3. The van der Waals surface area contributed by atoms with Gasteiger partial charge in [-0.3, -0.25) is 0 Å². The van der Waals surface area contributed by atoms with E-state index in [2.05, 4.69) is 43.0 Å². The van der Waals surface area contributed by atoms with Crippen molar-refractivity contribution in [3.8, 4) is 0 Å². The molecule has 0 bridgehead atoms. The van der Waals surface area contributed by atoms with E-state index in [1.54, 1.807) is 7.11 Å². The largest absolute Gasteiger partial charge is 0.383 e. The molecule has 0 fully saturated rings. The maximum absolute atomic E-state index is 5.85. The second-order valence-corrected chi connectivity index (χ2v) is 4.66. The van der Waals surface area contributed by atoms with Gasteiger partial charge in [-0.2, -0.15) is 0 Å². The van der Waals surface area contributed by atoms with Gasteiger partial charge < -0.3 is 15.4 Å². The lowest BCUT2D eigenvalue weighted by Crippen LogP contribution is -2.33. The number of methoxy groups -OCH3 is 1. The summed E-state index contributed by atoms with van der Waals surface area (Å²) in [5.41, 5.74) is 8.24. The molecule has 0 aromatic heterocycles. The molecule has 1 aromatic carbocycles. The molecule has 0 radical (unpaired) electrons. The van der Waals surface area contributed by atoms with Crippen molar-refractivity contribution in [2.45, 2.75) is 32.9 Å². The van der Waals surface area contributed by atoms with Gasteiger partial charge >= 0.3 is 0 Å². The van der Waals surface area contributed by atoms with Gasteiger partial charge in [-0.25, -0.2) is 0 Å². The zero-order chi connectivity index (χ0) is 12.8. The second-order valence-electron chi connectivity index (χ2n) is 4.66. The van der Waals surface area contributed by atoms with E-state index in [0.717, 1.165) is 13.2 Å². The number of hydrogen-bond donors (Lipinski definition) is 1. The molecule has 1 aromatic rings. The van der Waals surface area contributed by atoms with Gasteiger partial charge in [0.15, 0.2) is 0 Å². The number of ether oxygens (including phenoxy) is 1. The summed E-state index contributed by atoms with van der Waals surface area (Å²) < 4.78 is 5.14. The number of rotatable bonds is 6. The molecule has 17 heavy (non-hydrogen) atoms. The molecular formula is C14H24N2O. The van der Waals surface area contributed by atoms with Crippen molar-refractivity contribution < 1.29 is 4.74 Å². The minimum atomic E-state index is 0.0931. The number of nitrogens with two attached hydrogens (primary N) is 1. The first-order valence-electron chi connectivity index (χ1n) is 6.17. The van der Waals surface area contributed by atoms with Crippen LogP contribution in [0.3, 0.4) is 0 Å². The van der Waals surface area contributed by atoms with Gasteiger partial charge in [0.2, 0.25) is 0 Å². The van der Waals surface area contributed by atoms with Crippen LogP contribution in [0.1, 0.15) is 32.4 Å². The molecule has 3 nitrogen and oxygen atoms in total. The summed E-state index contributed by atoms with van der Waals surface area (Å²) in [6.45, 7) is 8.03. The average Bonchev–Trinajstić information content (AvgIpc) is 2.29. The molecule has 0 heterocycles. The lowest BCUT2D eigenvalue weighted by molar-refractivity contribution is 0.204. The molecule has 0 saturated heterocycles. The van der Waals surface area contributed by atoms with Crippen LogP contribution in [0.15, 0.2) is 24.3 Å². The molecule has 1 unspecified atom stereocenters. The Balaban J connectivity index is 2.80. The Bertz CT molecular complexity index is 319. The van der Waals surface area contributed by atoms with Crippen LogP contribution < -0.4 is 10.6 Å². The van der Waals surface area contributed by atoms with Gasteiger partial charge in [-0.05, 0) is 38.5 Å². The first kappa shape index (κ1) is 14.0. The third kappa shape index (κ3) is 4.02. The van der Waals surface area contributed by atoms with Crippen molar-refractivity contribution in [2.75, 3.05) is 25.2 Å². The summed E-state index contributed by atoms with van der Waals surface area (Å²) in [5.74, 6) is 0. The highest BCUT2D eigenvalue weighted by molar-refractivity contribution is 5.48. The lowest BCUT2D eigenvalue weighted by atomic mass is 10.1. The summed E-state index contributed by atoms with van der Waals surface area (Å²) in [6, 6.07) is 9.02.